The van der Waals surface area contributed by atoms with Crippen LogP contribution in [0.2, 0.25) is 4.82 Å². The average molecular weight is 406 g/mol. The zero-order chi connectivity index (χ0) is 17.6. The molecular weight excluding hydrogens is 388 g/mol. The quantitative estimate of drug-likeness (QED) is 0.693. The van der Waals surface area contributed by atoms with Crippen LogP contribution in [0.15, 0.2) is 60.7 Å². The van der Waals surface area contributed by atoms with E-state index in [1.807, 2.05) is 60.7 Å². The first-order valence-electron chi connectivity index (χ1n) is 8.00. The van der Waals surface area contributed by atoms with E-state index in [0.717, 1.165) is 14.9 Å². The van der Waals surface area contributed by atoms with Crippen molar-refractivity contribution < 1.29 is 18.7 Å². The Balaban J connectivity index is 1.74. The minimum atomic E-state index is -0.821. The van der Waals surface area contributed by atoms with Crippen LogP contribution in [0, 0.1) is 0 Å². The van der Waals surface area contributed by atoms with Crippen molar-refractivity contribution in [3.8, 4) is 0 Å². The van der Waals surface area contributed by atoms with Gasteiger partial charge in [0.05, 0.1) is 0 Å². The molecule has 0 N–H and O–H groups in total. The molecule has 1 aliphatic heterocycles. The van der Waals surface area contributed by atoms with Crippen LogP contribution in [0.5, 0.6) is 0 Å². The van der Waals surface area contributed by atoms with E-state index >= 15 is 0 Å². The molecule has 2 aromatic rings. The third kappa shape index (κ3) is 4.27. The Morgan fingerprint density at radius 2 is 1.80 bits per heavy atom. The number of alkyl halides is 1. The van der Waals surface area contributed by atoms with Crippen LogP contribution in [-0.4, -0.2) is 51.2 Å². The van der Waals surface area contributed by atoms with Gasteiger partial charge in [0.2, 0.25) is 0 Å². The molecule has 1 heterocycles. The summed E-state index contributed by atoms with van der Waals surface area (Å²) in [5.74, 6) is -0.477. The number of nitrogens with zero attached hydrogens (tertiary/aromatic N) is 1. The molecule has 0 radical (unpaired) electrons. The zero-order valence-corrected chi connectivity index (χ0v) is 15.2. The third-order valence-corrected chi connectivity index (χ3v) is 6.38. The molecule has 4 nitrogen and oxygen atoms in total. The van der Waals surface area contributed by atoms with Crippen LogP contribution in [0.4, 0.5) is 9.18 Å². The second kappa shape index (κ2) is 8.28. The molecule has 1 aliphatic rings. The summed E-state index contributed by atoms with van der Waals surface area (Å²) in [6.45, 7) is -0.633. The SMILES string of the molecule is O=C1OC[C@H](Cc2ccccc2)N1C(=O)C(CF)[Se]c1ccccc1. The molecule has 3 rings (SSSR count). The molecule has 25 heavy (non-hydrogen) atoms. The van der Waals surface area contributed by atoms with Crippen LogP contribution in [0.3, 0.4) is 0 Å². The Kier molecular flexibility index (Phi) is 5.84. The number of cyclic esters (lactones) is 1. The first kappa shape index (κ1) is 17.6. The zero-order valence-electron chi connectivity index (χ0n) is 13.5. The number of benzene rings is 2. The maximum absolute atomic E-state index is 13.5. The van der Waals surface area contributed by atoms with Crippen molar-refractivity contribution in [2.24, 2.45) is 0 Å². The van der Waals surface area contributed by atoms with Gasteiger partial charge < -0.3 is 0 Å². The molecule has 2 atom stereocenters. The molecule has 2 aromatic carbocycles. The molecule has 2 amide bonds. The molecule has 1 unspecified atom stereocenters. The van der Waals surface area contributed by atoms with Crippen LogP contribution >= 0.6 is 0 Å². The fraction of sp³-hybridized carbons (Fsp3) is 0.263. The van der Waals surface area contributed by atoms with Gasteiger partial charge in [-0.3, -0.25) is 0 Å². The predicted molar refractivity (Wildman–Crippen MR) is 93.7 cm³/mol. The fourth-order valence-electron chi connectivity index (χ4n) is 2.73. The van der Waals surface area contributed by atoms with Crippen molar-refractivity contribution in [1.29, 1.82) is 0 Å². The predicted octanol–water partition coefficient (Wildman–Crippen LogP) is 2.36. The average Bonchev–Trinajstić information content (AvgIpc) is 3.01. The van der Waals surface area contributed by atoms with Gasteiger partial charge in [0.1, 0.15) is 0 Å². The van der Waals surface area contributed by atoms with Crippen LogP contribution < -0.4 is 4.46 Å². The normalized spacial score (nSPS) is 18.0. The Morgan fingerprint density at radius 1 is 1.16 bits per heavy atom. The van der Waals surface area contributed by atoms with Crippen LogP contribution in [-0.2, 0) is 16.0 Å². The summed E-state index contributed by atoms with van der Waals surface area (Å²) in [7, 11) is 0. The van der Waals surface area contributed by atoms with Crippen molar-refractivity contribution in [3.05, 3.63) is 66.2 Å². The monoisotopic (exact) mass is 407 g/mol. The van der Waals surface area contributed by atoms with E-state index in [1.54, 1.807) is 0 Å². The van der Waals surface area contributed by atoms with E-state index in [-0.39, 0.29) is 27.6 Å². The Bertz CT molecular complexity index is 726. The second-order valence-corrected chi connectivity index (χ2v) is 8.38. The van der Waals surface area contributed by atoms with Gasteiger partial charge in [-0.25, -0.2) is 0 Å². The molecular formula is C19H18FNO3Se. The van der Waals surface area contributed by atoms with Crippen molar-refractivity contribution in [1.82, 2.24) is 4.90 Å². The van der Waals surface area contributed by atoms with Crippen molar-refractivity contribution >= 4 is 31.4 Å². The summed E-state index contributed by atoms with van der Waals surface area (Å²) in [5, 5.41) is 0. The Hall–Kier alpha value is -2.17. The summed E-state index contributed by atoms with van der Waals surface area (Å²) in [6.07, 6.45) is -0.163. The van der Waals surface area contributed by atoms with Gasteiger partial charge >= 0.3 is 152 Å². The van der Waals surface area contributed by atoms with E-state index < -0.39 is 23.5 Å². The number of imide groups is 1. The molecule has 0 aromatic heterocycles. The summed E-state index contributed by atoms with van der Waals surface area (Å²) in [5.41, 5.74) is 1.01. The number of halogens is 1. The molecule has 130 valence electrons. The fourth-order valence-corrected chi connectivity index (χ4v) is 4.66. The minimum absolute atomic E-state index is 0.150. The van der Waals surface area contributed by atoms with Gasteiger partial charge in [-0.15, -0.1) is 0 Å². The van der Waals surface area contributed by atoms with Crippen LogP contribution in [0.25, 0.3) is 0 Å². The Labute approximate surface area is 152 Å². The van der Waals surface area contributed by atoms with E-state index in [9.17, 15) is 14.0 Å². The van der Waals surface area contributed by atoms with E-state index in [2.05, 4.69) is 0 Å². The van der Waals surface area contributed by atoms with Gasteiger partial charge in [-0.05, 0) is 0 Å². The number of rotatable bonds is 6. The molecule has 0 bridgehead atoms. The van der Waals surface area contributed by atoms with Gasteiger partial charge in [0.25, 0.3) is 0 Å². The molecule has 6 heteroatoms. The number of amides is 2. The van der Waals surface area contributed by atoms with Gasteiger partial charge in [0.15, 0.2) is 0 Å². The third-order valence-electron chi connectivity index (χ3n) is 3.95. The van der Waals surface area contributed by atoms with E-state index in [4.69, 9.17) is 4.74 Å². The molecule has 0 saturated carbocycles. The van der Waals surface area contributed by atoms with Crippen molar-refractivity contribution in [2.45, 2.75) is 17.3 Å². The first-order chi connectivity index (χ1) is 12.2. The maximum atomic E-state index is 13.5. The number of ether oxygens (including phenoxy) is 1. The first-order valence-corrected chi connectivity index (χ1v) is 9.85. The van der Waals surface area contributed by atoms with Crippen molar-refractivity contribution in [3.63, 3.8) is 0 Å². The summed E-state index contributed by atoms with van der Waals surface area (Å²) < 4.78 is 19.5. The van der Waals surface area contributed by atoms with Gasteiger partial charge in [-0.1, -0.05) is 0 Å². The summed E-state index contributed by atoms with van der Waals surface area (Å²) in [4.78, 5) is 25.1. The molecule has 0 spiro atoms. The number of hydrogen-bond donors (Lipinski definition) is 0. The van der Waals surface area contributed by atoms with E-state index in [1.165, 1.54) is 0 Å². The topological polar surface area (TPSA) is 46.6 Å². The molecule has 1 fully saturated rings. The van der Waals surface area contributed by atoms with Gasteiger partial charge in [-0.2, -0.15) is 0 Å². The summed E-state index contributed by atoms with van der Waals surface area (Å²) >= 11 is -0.382. The Morgan fingerprint density at radius 3 is 2.44 bits per heavy atom. The summed E-state index contributed by atoms with van der Waals surface area (Å²) in [6, 6.07) is 18.5. The molecule has 0 aliphatic carbocycles. The second-order valence-electron chi connectivity index (χ2n) is 5.70. The van der Waals surface area contributed by atoms with Crippen LogP contribution in [0.1, 0.15) is 5.56 Å². The molecule has 1 saturated heterocycles. The number of carbonyl (C=O) groups excluding carboxylic acids is 2. The number of carbonyl (C=O) groups is 2. The number of hydrogen-bond acceptors (Lipinski definition) is 3. The van der Waals surface area contributed by atoms with Crippen molar-refractivity contribution in [2.75, 3.05) is 13.3 Å². The van der Waals surface area contributed by atoms with Gasteiger partial charge in [0, 0.05) is 0 Å². The van der Waals surface area contributed by atoms with E-state index in [0.29, 0.717) is 6.42 Å². The standard InChI is InChI=1S/C19H18FNO3Se/c20-12-17(25-16-9-5-2-6-10-16)18(22)21-15(13-24-19(21)23)11-14-7-3-1-4-8-14/h1-10,15,17H,11-13H2/t15-,17?/m0/s1.